The maximum absolute atomic E-state index is 13.7. The van der Waals surface area contributed by atoms with Gasteiger partial charge in [0.25, 0.3) is 11.6 Å². The van der Waals surface area contributed by atoms with Gasteiger partial charge in [0.2, 0.25) is 13.2 Å². The normalized spacial score (nSPS) is 19.1. The van der Waals surface area contributed by atoms with Crippen LogP contribution in [0.15, 0.2) is 24.3 Å². The highest BCUT2D eigenvalue weighted by Gasteiger charge is 2.37. The first-order chi connectivity index (χ1) is 20.9. The maximum Gasteiger partial charge on any atom is 0.257 e. The molecule has 5 N–H and O–H groups in total. The lowest BCUT2D eigenvalue weighted by atomic mass is 9.71. The molecule has 1 aromatic carbocycles. The molecule has 240 valence electrons. The van der Waals surface area contributed by atoms with Crippen LogP contribution >= 0.6 is 43.2 Å². The molecule has 1 aromatic rings. The first-order valence-electron chi connectivity index (χ1n) is 13.5. The lowest BCUT2D eigenvalue weighted by Gasteiger charge is -2.18. The van der Waals surface area contributed by atoms with Gasteiger partial charge in [-0.1, -0.05) is 44.4 Å². The number of carbonyl (C=O) groups is 2. The fourth-order valence-corrected chi connectivity index (χ4v) is 6.10. The number of halogens is 1. The molecule has 0 radical (unpaired) electrons. The summed E-state index contributed by atoms with van der Waals surface area (Å²) in [7, 11) is 5.62. The molecule has 1 heterocycles. The Balaban J connectivity index is 1.60. The summed E-state index contributed by atoms with van der Waals surface area (Å²) in [4.78, 5) is 24.1. The Labute approximate surface area is 268 Å². The molecular formula is C26H39BFN3O8S4. The number of ether oxygens (including phenoxy) is 5. The highest BCUT2D eigenvalue weighted by Crippen LogP contribution is 2.31. The van der Waals surface area contributed by atoms with Crippen LogP contribution in [0.4, 0.5) is 4.39 Å². The molecule has 0 saturated carbocycles. The molecule has 0 spiro atoms. The molecule has 2 unspecified atom stereocenters. The molecule has 2 rings (SSSR count). The van der Waals surface area contributed by atoms with Gasteiger partial charge in [-0.3, -0.25) is 9.59 Å². The van der Waals surface area contributed by atoms with Crippen molar-refractivity contribution in [3.8, 4) is 17.5 Å². The van der Waals surface area contributed by atoms with Gasteiger partial charge in [-0.15, -0.1) is 0 Å². The number of rotatable bonds is 21. The molecule has 1 fully saturated rings. The molecule has 17 heteroatoms. The third kappa shape index (κ3) is 16.0. The second-order valence-corrected chi connectivity index (χ2v) is 13.9. The molecule has 1 aliphatic rings. The van der Waals surface area contributed by atoms with E-state index in [2.05, 4.69) is 22.4 Å². The van der Waals surface area contributed by atoms with Crippen molar-refractivity contribution in [2.24, 2.45) is 5.73 Å². The van der Waals surface area contributed by atoms with E-state index in [1.54, 1.807) is 30.5 Å². The van der Waals surface area contributed by atoms with Crippen LogP contribution in [0, 0.1) is 11.7 Å². The monoisotopic (exact) mass is 679 g/mol. The average molecular weight is 680 g/mol. The Hall–Kier alpha value is -1.33. The number of aliphatic hydroxyl groups excluding tert-OH is 1. The summed E-state index contributed by atoms with van der Waals surface area (Å²) in [5.41, 5.74) is 4.13. The van der Waals surface area contributed by atoms with Crippen LogP contribution in [0.5, 0.6) is 5.75 Å². The molecule has 1 saturated heterocycles. The molecule has 1 aliphatic heterocycles. The zero-order chi connectivity index (χ0) is 31.3. The van der Waals surface area contributed by atoms with Gasteiger partial charge in [-0.2, -0.15) is 5.82 Å². The third-order valence-electron chi connectivity index (χ3n) is 5.62. The number of hydrogen-bond donors (Lipinski definition) is 4. The van der Waals surface area contributed by atoms with E-state index in [9.17, 15) is 19.1 Å². The molecule has 0 aliphatic carbocycles. The number of benzene rings is 1. The van der Waals surface area contributed by atoms with Gasteiger partial charge < -0.3 is 45.2 Å². The number of amides is 2. The Morgan fingerprint density at radius 1 is 1.26 bits per heavy atom. The van der Waals surface area contributed by atoms with Gasteiger partial charge >= 0.3 is 0 Å². The number of nitrogens with two attached hydrogens (primary N) is 1. The smallest absolute Gasteiger partial charge is 0.257 e. The second-order valence-electron chi connectivity index (χ2n) is 8.76. The largest absolute Gasteiger partial charge is 0.490 e. The van der Waals surface area contributed by atoms with E-state index < -0.39 is 17.9 Å². The minimum atomic E-state index is -1.49. The van der Waals surface area contributed by atoms with Crippen molar-refractivity contribution in [3.63, 3.8) is 0 Å². The highest BCUT2D eigenvalue weighted by atomic mass is 33.1. The predicted molar refractivity (Wildman–Crippen MR) is 174 cm³/mol. The fraction of sp³-hybridized carbons (Fsp3) is 0.615. The minimum Gasteiger partial charge on any atom is -0.490 e. The van der Waals surface area contributed by atoms with Gasteiger partial charge in [0.15, 0.2) is 0 Å². The van der Waals surface area contributed by atoms with Crippen molar-refractivity contribution >= 4 is 62.3 Å². The number of alkyl halides is 1. The quantitative estimate of drug-likeness (QED) is 0.0488. The average Bonchev–Trinajstić information content (AvgIpc) is 3.39. The van der Waals surface area contributed by atoms with E-state index in [4.69, 9.17) is 29.4 Å². The Morgan fingerprint density at radius 2 is 2.07 bits per heavy atom. The third-order valence-corrected chi connectivity index (χ3v) is 9.01. The molecule has 2 amide bonds. The van der Waals surface area contributed by atoms with E-state index in [0.717, 1.165) is 10.8 Å². The second kappa shape index (κ2) is 23.1. The van der Waals surface area contributed by atoms with E-state index in [0.29, 0.717) is 38.1 Å². The molecule has 11 nitrogen and oxygen atoms in total. The summed E-state index contributed by atoms with van der Waals surface area (Å²) in [5, 5.41) is 14.8. The Bertz CT molecular complexity index is 1030. The van der Waals surface area contributed by atoms with Crippen molar-refractivity contribution < 1.29 is 42.8 Å². The van der Waals surface area contributed by atoms with E-state index in [1.165, 1.54) is 32.4 Å². The van der Waals surface area contributed by atoms with Crippen LogP contribution in [0.3, 0.4) is 0 Å². The van der Waals surface area contributed by atoms with Gasteiger partial charge in [0.05, 0.1) is 32.5 Å². The van der Waals surface area contributed by atoms with Crippen molar-refractivity contribution in [3.05, 3.63) is 29.8 Å². The zero-order valence-electron chi connectivity index (χ0n) is 24.2. The minimum absolute atomic E-state index is 0.137. The van der Waals surface area contributed by atoms with E-state index in [1.807, 2.05) is 6.26 Å². The Morgan fingerprint density at radius 3 is 2.81 bits per heavy atom. The van der Waals surface area contributed by atoms with Gasteiger partial charge in [-0.25, -0.2) is 4.39 Å². The van der Waals surface area contributed by atoms with Gasteiger partial charge in [-0.05, 0) is 47.9 Å². The summed E-state index contributed by atoms with van der Waals surface area (Å²) in [5.74, 6) is 5.81. The maximum atomic E-state index is 13.7. The fourth-order valence-electron chi connectivity index (χ4n) is 3.71. The number of carbonyl (C=O) groups excluding carboxylic acids is 2. The van der Waals surface area contributed by atoms with Gasteiger partial charge in [0, 0.05) is 24.7 Å². The van der Waals surface area contributed by atoms with Gasteiger partial charge in [0.1, 0.15) is 30.5 Å². The molecular weight excluding hydrogens is 640 g/mol. The standard InChI is InChI=1S/C26H39BFN3O8S4/c1-40-42-24(17-37-19-6-3-5-18(13-19)25(34)31-10-8-29)36-12-11-35-16-23(33)30-9-4-7-27-22-14-20(21(15-32)38-22)39-26(28)43-41-2/h3,5-6,13,20-22,24,26-27,32H,8-12,14-17,29H2,1-2H3,(H,30,33)(H,31,34)/t20-,21?,22-,24?,26+/m1/s1. The van der Waals surface area contributed by atoms with Crippen LogP contribution in [0.2, 0.25) is 0 Å². The SMILES string of the molecule is CSSC(COc1cccc(C(=O)NCCN)c1)OCCOCC(=O)NCC#CB[C@H]1C[C@@H](O[C@H](F)SSC)C(CO)O1. The number of aliphatic hydroxyl groups is 1. The molecule has 5 atom stereocenters. The first kappa shape index (κ1) is 37.9. The summed E-state index contributed by atoms with van der Waals surface area (Å²) >= 11 is 0. The highest BCUT2D eigenvalue weighted by molar-refractivity contribution is 8.76. The lowest BCUT2D eigenvalue weighted by molar-refractivity contribution is -0.126. The van der Waals surface area contributed by atoms with Crippen molar-refractivity contribution in [1.82, 2.24) is 10.6 Å². The molecule has 43 heavy (non-hydrogen) atoms. The molecule has 0 bridgehead atoms. The summed E-state index contributed by atoms with van der Waals surface area (Å²) < 4.78 is 41.8. The predicted octanol–water partition coefficient (Wildman–Crippen LogP) is 1.39. The van der Waals surface area contributed by atoms with Crippen LogP contribution in [-0.2, 0) is 23.7 Å². The number of nitrogens with one attached hydrogen (secondary N) is 2. The summed E-state index contributed by atoms with van der Waals surface area (Å²) in [6.07, 6.45) is 2.99. The van der Waals surface area contributed by atoms with Crippen LogP contribution in [-0.4, -0.2) is 119 Å². The zero-order valence-corrected chi connectivity index (χ0v) is 27.4. The van der Waals surface area contributed by atoms with Crippen LogP contribution in [0.25, 0.3) is 0 Å². The van der Waals surface area contributed by atoms with Crippen molar-refractivity contribution in [1.29, 1.82) is 0 Å². The molecule has 0 aromatic heterocycles. The van der Waals surface area contributed by atoms with Crippen molar-refractivity contribution in [2.75, 3.05) is 65.2 Å². The van der Waals surface area contributed by atoms with E-state index >= 15 is 0 Å². The van der Waals surface area contributed by atoms with Crippen LogP contribution in [0.1, 0.15) is 16.8 Å². The first-order valence-corrected chi connectivity index (χ1v) is 18.7. The van der Waals surface area contributed by atoms with Crippen molar-refractivity contribution in [2.45, 2.75) is 35.8 Å². The topological polar surface area (TPSA) is 151 Å². The number of hydrogen-bond acceptors (Lipinski definition) is 13. The Kier molecular flexibility index (Phi) is 20.3. The lowest BCUT2D eigenvalue weighted by Crippen LogP contribution is -2.29. The summed E-state index contributed by atoms with van der Waals surface area (Å²) in [6.45, 7) is 1.23. The van der Waals surface area contributed by atoms with Crippen LogP contribution < -0.4 is 21.1 Å². The summed E-state index contributed by atoms with van der Waals surface area (Å²) in [6, 6.07) is 6.59. The van der Waals surface area contributed by atoms with E-state index in [-0.39, 0.29) is 62.8 Å².